The van der Waals surface area contributed by atoms with E-state index in [2.05, 4.69) is 0 Å². The van der Waals surface area contributed by atoms with E-state index in [1.165, 1.54) is 24.4 Å². The first-order valence-electron chi connectivity index (χ1n) is 5.14. The van der Waals surface area contributed by atoms with Gasteiger partial charge in [0, 0.05) is 23.6 Å². The SMILES string of the molecule is CCn1cc(C(=O)O)c2ccc(C(=O)O)cc21. The predicted octanol–water partition coefficient (Wildman–Crippen LogP) is 2.06. The first kappa shape index (κ1) is 11.2. The lowest BCUT2D eigenvalue weighted by Crippen LogP contribution is -1.97. The third-order valence-corrected chi connectivity index (χ3v) is 2.70. The van der Waals surface area contributed by atoms with E-state index in [-0.39, 0.29) is 11.1 Å². The van der Waals surface area contributed by atoms with E-state index in [0.717, 1.165) is 0 Å². The minimum atomic E-state index is -1.02. The zero-order valence-corrected chi connectivity index (χ0v) is 9.17. The van der Waals surface area contributed by atoms with E-state index in [4.69, 9.17) is 10.2 Å². The number of fused-ring (bicyclic) bond motifs is 1. The second-order valence-electron chi connectivity index (χ2n) is 3.67. The maximum absolute atomic E-state index is 11.0. The molecule has 0 unspecified atom stereocenters. The number of rotatable bonds is 3. The second-order valence-corrected chi connectivity index (χ2v) is 3.67. The van der Waals surface area contributed by atoms with Crippen molar-refractivity contribution in [2.45, 2.75) is 13.5 Å². The first-order chi connectivity index (χ1) is 8.04. The molecule has 2 aromatic rings. The van der Waals surface area contributed by atoms with Crippen LogP contribution in [0.25, 0.3) is 10.9 Å². The van der Waals surface area contributed by atoms with Gasteiger partial charge >= 0.3 is 11.9 Å². The lowest BCUT2D eigenvalue weighted by atomic mass is 10.1. The molecule has 5 nitrogen and oxygen atoms in total. The Balaban J connectivity index is 2.76. The van der Waals surface area contributed by atoms with Crippen molar-refractivity contribution >= 4 is 22.8 Å². The van der Waals surface area contributed by atoms with Crippen molar-refractivity contribution in [3.05, 3.63) is 35.5 Å². The van der Waals surface area contributed by atoms with Gasteiger partial charge in [-0.25, -0.2) is 9.59 Å². The molecule has 5 heteroatoms. The van der Waals surface area contributed by atoms with Gasteiger partial charge in [0.25, 0.3) is 0 Å². The van der Waals surface area contributed by atoms with Gasteiger partial charge < -0.3 is 14.8 Å². The van der Waals surface area contributed by atoms with Gasteiger partial charge in [-0.15, -0.1) is 0 Å². The van der Waals surface area contributed by atoms with E-state index in [9.17, 15) is 9.59 Å². The highest BCUT2D eigenvalue weighted by Gasteiger charge is 2.15. The number of aromatic nitrogens is 1. The summed E-state index contributed by atoms with van der Waals surface area (Å²) in [7, 11) is 0. The Morgan fingerprint density at radius 3 is 2.47 bits per heavy atom. The van der Waals surface area contributed by atoms with Crippen molar-refractivity contribution in [3.63, 3.8) is 0 Å². The number of aromatic carboxylic acids is 2. The highest BCUT2D eigenvalue weighted by atomic mass is 16.4. The number of carboxylic acids is 2. The van der Waals surface area contributed by atoms with Crippen LogP contribution < -0.4 is 0 Å². The van der Waals surface area contributed by atoms with Gasteiger partial charge in [-0.2, -0.15) is 0 Å². The lowest BCUT2D eigenvalue weighted by Gasteiger charge is -2.01. The van der Waals surface area contributed by atoms with Crippen LogP contribution in [0.2, 0.25) is 0 Å². The van der Waals surface area contributed by atoms with Crippen LogP contribution in [-0.4, -0.2) is 26.7 Å². The lowest BCUT2D eigenvalue weighted by molar-refractivity contribution is 0.0687. The summed E-state index contributed by atoms with van der Waals surface area (Å²) in [4.78, 5) is 21.9. The van der Waals surface area contributed by atoms with Gasteiger partial charge in [0.05, 0.1) is 11.1 Å². The Kier molecular flexibility index (Phi) is 2.59. The molecule has 1 heterocycles. The van der Waals surface area contributed by atoms with Crippen LogP contribution in [0.3, 0.4) is 0 Å². The van der Waals surface area contributed by atoms with E-state index < -0.39 is 11.9 Å². The van der Waals surface area contributed by atoms with E-state index >= 15 is 0 Å². The highest BCUT2D eigenvalue weighted by molar-refractivity contribution is 6.05. The van der Waals surface area contributed by atoms with Crippen LogP contribution in [-0.2, 0) is 6.54 Å². The fourth-order valence-electron chi connectivity index (χ4n) is 1.86. The summed E-state index contributed by atoms with van der Waals surface area (Å²) >= 11 is 0. The number of benzene rings is 1. The van der Waals surface area contributed by atoms with Crippen LogP contribution >= 0.6 is 0 Å². The molecule has 0 aliphatic rings. The van der Waals surface area contributed by atoms with Gasteiger partial charge in [0.1, 0.15) is 0 Å². The topological polar surface area (TPSA) is 79.5 Å². The van der Waals surface area contributed by atoms with Gasteiger partial charge in [-0.3, -0.25) is 0 Å². The molecule has 1 aromatic heterocycles. The summed E-state index contributed by atoms with van der Waals surface area (Å²) in [6.45, 7) is 2.46. The minimum Gasteiger partial charge on any atom is -0.478 e. The fraction of sp³-hybridized carbons (Fsp3) is 0.167. The molecule has 0 saturated carbocycles. The fourth-order valence-corrected chi connectivity index (χ4v) is 1.86. The van der Waals surface area contributed by atoms with Crippen molar-refractivity contribution in [2.24, 2.45) is 0 Å². The molecule has 2 rings (SSSR count). The number of carboxylic acid groups (broad SMARTS) is 2. The van der Waals surface area contributed by atoms with Gasteiger partial charge in [-0.1, -0.05) is 6.07 Å². The molecule has 2 N–H and O–H groups in total. The van der Waals surface area contributed by atoms with Gasteiger partial charge in [-0.05, 0) is 19.1 Å². The summed E-state index contributed by atoms with van der Waals surface area (Å²) in [6, 6.07) is 4.44. The standard InChI is InChI=1S/C12H11NO4/c1-2-13-6-9(12(16)17)8-4-3-7(11(14)15)5-10(8)13/h3-6H,2H2,1H3,(H,14,15)(H,16,17). The Labute approximate surface area is 96.9 Å². The summed E-state index contributed by atoms with van der Waals surface area (Å²) in [6.07, 6.45) is 1.53. The number of aryl methyl sites for hydroxylation is 1. The number of hydrogen-bond donors (Lipinski definition) is 2. The summed E-state index contributed by atoms with van der Waals surface area (Å²) in [5.41, 5.74) is 0.978. The van der Waals surface area contributed by atoms with E-state index in [1.54, 1.807) is 4.57 Å². The maximum atomic E-state index is 11.0. The zero-order chi connectivity index (χ0) is 12.6. The van der Waals surface area contributed by atoms with Crippen molar-refractivity contribution < 1.29 is 19.8 Å². The number of hydrogen-bond acceptors (Lipinski definition) is 2. The third kappa shape index (κ3) is 1.75. The predicted molar refractivity (Wildman–Crippen MR) is 61.5 cm³/mol. The molecule has 0 aliphatic heterocycles. The van der Waals surface area contributed by atoms with Crippen LogP contribution in [0.1, 0.15) is 27.6 Å². The molecule has 0 amide bonds. The molecule has 88 valence electrons. The first-order valence-corrected chi connectivity index (χ1v) is 5.14. The molecule has 0 saturated heterocycles. The second kappa shape index (κ2) is 3.93. The van der Waals surface area contributed by atoms with E-state index in [1.807, 2.05) is 6.92 Å². The molecule has 0 aliphatic carbocycles. The normalized spacial score (nSPS) is 10.6. The molecule has 0 fully saturated rings. The third-order valence-electron chi connectivity index (χ3n) is 2.70. The molecule has 0 bridgehead atoms. The van der Waals surface area contributed by atoms with Crippen molar-refractivity contribution in [1.29, 1.82) is 0 Å². The maximum Gasteiger partial charge on any atom is 0.337 e. The van der Waals surface area contributed by atoms with Gasteiger partial charge in [0.15, 0.2) is 0 Å². The summed E-state index contributed by atoms with van der Waals surface area (Å²) in [5.74, 6) is -2.03. The summed E-state index contributed by atoms with van der Waals surface area (Å²) in [5, 5.41) is 18.5. The number of nitrogens with zero attached hydrogens (tertiary/aromatic N) is 1. The highest BCUT2D eigenvalue weighted by Crippen LogP contribution is 2.23. The molecular weight excluding hydrogens is 222 g/mol. The average Bonchev–Trinajstić information content (AvgIpc) is 2.66. The molecular formula is C12H11NO4. The largest absolute Gasteiger partial charge is 0.478 e. The Hall–Kier alpha value is -2.30. The van der Waals surface area contributed by atoms with Gasteiger partial charge in [0.2, 0.25) is 0 Å². The Morgan fingerprint density at radius 2 is 1.94 bits per heavy atom. The molecule has 1 aromatic carbocycles. The number of carbonyl (C=O) groups is 2. The monoisotopic (exact) mass is 233 g/mol. The Bertz CT molecular complexity index is 612. The van der Waals surface area contributed by atoms with Crippen LogP contribution in [0, 0.1) is 0 Å². The smallest absolute Gasteiger partial charge is 0.337 e. The molecule has 0 spiro atoms. The van der Waals surface area contributed by atoms with Crippen LogP contribution in [0.5, 0.6) is 0 Å². The van der Waals surface area contributed by atoms with Crippen molar-refractivity contribution in [1.82, 2.24) is 4.57 Å². The molecule has 0 radical (unpaired) electrons. The minimum absolute atomic E-state index is 0.155. The zero-order valence-electron chi connectivity index (χ0n) is 9.17. The Morgan fingerprint density at radius 1 is 1.24 bits per heavy atom. The van der Waals surface area contributed by atoms with Crippen LogP contribution in [0.15, 0.2) is 24.4 Å². The quantitative estimate of drug-likeness (QED) is 0.850. The van der Waals surface area contributed by atoms with E-state index in [0.29, 0.717) is 17.4 Å². The summed E-state index contributed by atoms with van der Waals surface area (Å²) < 4.78 is 1.73. The van der Waals surface area contributed by atoms with Crippen molar-refractivity contribution in [2.75, 3.05) is 0 Å². The molecule has 17 heavy (non-hydrogen) atoms. The average molecular weight is 233 g/mol. The van der Waals surface area contributed by atoms with Crippen LogP contribution in [0.4, 0.5) is 0 Å². The van der Waals surface area contributed by atoms with Crippen molar-refractivity contribution in [3.8, 4) is 0 Å². The molecule has 0 atom stereocenters.